The zero-order chi connectivity index (χ0) is 19.1. The fourth-order valence-corrected chi connectivity index (χ4v) is 7.48. The maximum absolute atomic E-state index is 2.48. The molecule has 0 aliphatic heterocycles. The van der Waals surface area contributed by atoms with Gasteiger partial charge < -0.3 is 0 Å². The smallest absolute Gasteiger partial charge is 0.0686 e. The van der Waals surface area contributed by atoms with Crippen LogP contribution in [0.15, 0.2) is 106 Å². The summed E-state index contributed by atoms with van der Waals surface area (Å²) >= 11 is 0. The van der Waals surface area contributed by atoms with Crippen LogP contribution in [-0.2, 0) is 0 Å². The third kappa shape index (κ3) is 4.16. The minimum atomic E-state index is -0.466. The number of benzene rings is 2. The molecule has 3 aliphatic rings. The monoisotopic (exact) mass is 392 g/mol. The van der Waals surface area contributed by atoms with E-state index in [9.17, 15) is 0 Å². The second-order valence-electron chi connectivity index (χ2n) is 8.24. The van der Waals surface area contributed by atoms with Gasteiger partial charge in [-0.25, -0.2) is 0 Å². The van der Waals surface area contributed by atoms with Gasteiger partial charge in [-0.1, -0.05) is 101 Å². The summed E-state index contributed by atoms with van der Waals surface area (Å²) in [7, 11) is -0.466. The molecule has 2 aromatic carbocycles. The van der Waals surface area contributed by atoms with E-state index in [0.717, 1.165) is 6.42 Å². The van der Waals surface area contributed by atoms with Crippen LogP contribution in [-0.4, -0.2) is 47.2 Å². The van der Waals surface area contributed by atoms with Gasteiger partial charge in [0.1, 0.15) is 0 Å². The zero-order valence-corrected chi connectivity index (χ0v) is 20.1. The van der Waals surface area contributed by atoms with Crippen LogP contribution in [0.1, 0.15) is 48.4 Å². The minimum absolute atomic E-state index is 0. The summed E-state index contributed by atoms with van der Waals surface area (Å²) < 4.78 is 0. The van der Waals surface area contributed by atoms with Crippen LogP contribution in [0.3, 0.4) is 0 Å². The number of allylic oxidation sites excluding steroid dienone is 9. The van der Waals surface area contributed by atoms with E-state index in [1.54, 1.807) is 16.3 Å². The van der Waals surface area contributed by atoms with Gasteiger partial charge >= 0.3 is 0 Å². The van der Waals surface area contributed by atoms with Crippen LogP contribution in [0.2, 0.25) is 0 Å². The van der Waals surface area contributed by atoms with Crippen molar-refractivity contribution >= 4 is 53.3 Å². The summed E-state index contributed by atoms with van der Waals surface area (Å²) in [5.41, 5.74) is 11.1. The van der Waals surface area contributed by atoms with E-state index in [4.69, 9.17) is 0 Å². The average Bonchev–Trinajstić information content (AvgIpc) is 3.10. The average molecular weight is 392 g/mol. The summed E-state index contributed by atoms with van der Waals surface area (Å²) in [5.74, 6) is 0.472. The number of hydrogen-bond donors (Lipinski definition) is 0. The summed E-state index contributed by atoms with van der Waals surface area (Å²) in [4.78, 5) is 0. The van der Waals surface area contributed by atoms with Gasteiger partial charge in [-0.05, 0) is 53.6 Å². The molecule has 30 heavy (non-hydrogen) atoms. The van der Waals surface area contributed by atoms with E-state index < -0.39 is 9.52 Å². The van der Waals surface area contributed by atoms with E-state index in [0.29, 0.717) is 11.5 Å². The first-order valence-corrected chi connectivity index (χ1v) is 11.9. The van der Waals surface area contributed by atoms with Crippen molar-refractivity contribution in [2.45, 2.75) is 31.7 Å². The molecule has 5 rings (SSSR count). The fourth-order valence-electron chi connectivity index (χ4n) is 5.07. The van der Waals surface area contributed by atoms with Gasteiger partial charge in [-0.2, -0.15) is 0 Å². The van der Waals surface area contributed by atoms with Crippen molar-refractivity contribution in [3.05, 3.63) is 123 Å². The molecule has 2 aromatic rings. The van der Waals surface area contributed by atoms with Gasteiger partial charge in [0, 0.05) is 43.6 Å². The SMILES string of the molecule is CC1=Cc2ccccc2C1[SiH2]C1=C(C)C=C2C1=CC=CCC2c1ccccc1.[Li].[Li]. The molecule has 0 amide bonds. The van der Waals surface area contributed by atoms with Crippen molar-refractivity contribution in [2.75, 3.05) is 0 Å². The molecule has 0 N–H and O–H groups in total. The van der Waals surface area contributed by atoms with E-state index in [-0.39, 0.29) is 37.7 Å². The zero-order valence-electron chi connectivity index (χ0n) is 18.7. The molecular formula is C27H26Li2Si. The van der Waals surface area contributed by atoms with Crippen LogP contribution in [0.5, 0.6) is 0 Å². The Labute approximate surface area is 207 Å². The maximum atomic E-state index is 2.48. The van der Waals surface area contributed by atoms with Gasteiger partial charge in [0.15, 0.2) is 0 Å². The van der Waals surface area contributed by atoms with Crippen molar-refractivity contribution in [3.8, 4) is 0 Å². The van der Waals surface area contributed by atoms with Crippen molar-refractivity contribution in [2.24, 2.45) is 0 Å². The molecule has 0 spiro atoms. The summed E-state index contributed by atoms with van der Waals surface area (Å²) in [6, 6.07) is 20.0. The molecule has 0 aromatic heterocycles. The van der Waals surface area contributed by atoms with Crippen molar-refractivity contribution in [3.63, 3.8) is 0 Å². The van der Waals surface area contributed by atoms with E-state index in [2.05, 4.69) is 98.8 Å². The first-order valence-electron chi connectivity index (χ1n) is 10.3. The molecule has 0 nitrogen and oxygen atoms in total. The minimum Gasteiger partial charge on any atom is -0.0836 e. The quantitative estimate of drug-likeness (QED) is 0.611. The standard InChI is InChI=1S/C27H26Si.2Li/c1-18-16-21-12-6-7-14-23(21)26(18)28-27-19(2)17-25-22(13-8-9-15-24(25)27)20-10-4-3-5-11-20;;/h3-12,14-17,22,26H,13,28H2,1-2H3;;. The molecule has 2 unspecified atom stereocenters. The molecular weight excluding hydrogens is 366 g/mol. The fraction of sp³-hybridized carbons (Fsp3) is 0.185. The summed E-state index contributed by atoms with van der Waals surface area (Å²) in [6.07, 6.45) is 13.0. The first kappa shape index (κ1) is 23.2. The Hall–Kier alpha value is -1.45. The van der Waals surface area contributed by atoms with Gasteiger partial charge in [0.05, 0.1) is 9.52 Å². The normalized spacial score (nSPS) is 21.9. The summed E-state index contributed by atoms with van der Waals surface area (Å²) in [5, 5.41) is 1.66. The molecule has 0 bridgehead atoms. The van der Waals surface area contributed by atoms with Crippen LogP contribution in [0.4, 0.5) is 0 Å². The van der Waals surface area contributed by atoms with Crippen LogP contribution < -0.4 is 0 Å². The molecule has 140 valence electrons. The maximum Gasteiger partial charge on any atom is 0.0686 e. The van der Waals surface area contributed by atoms with E-state index in [1.165, 1.54) is 27.8 Å². The largest absolute Gasteiger partial charge is 0.0836 e. The predicted molar refractivity (Wildman–Crippen MR) is 135 cm³/mol. The Morgan fingerprint density at radius 2 is 1.60 bits per heavy atom. The van der Waals surface area contributed by atoms with Gasteiger partial charge in [0.2, 0.25) is 0 Å². The second-order valence-corrected chi connectivity index (χ2v) is 10.2. The Morgan fingerprint density at radius 3 is 2.40 bits per heavy atom. The molecule has 3 heteroatoms. The Bertz CT molecular complexity index is 1090. The van der Waals surface area contributed by atoms with Crippen molar-refractivity contribution in [1.82, 2.24) is 0 Å². The molecule has 3 aliphatic carbocycles. The van der Waals surface area contributed by atoms with Crippen LogP contribution >= 0.6 is 0 Å². The molecule has 0 saturated carbocycles. The number of rotatable bonds is 3. The number of fused-ring (bicyclic) bond motifs is 2. The van der Waals surface area contributed by atoms with E-state index in [1.807, 2.05) is 0 Å². The van der Waals surface area contributed by atoms with Crippen LogP contribution in [0, 0.1) is 0 Å². The summed E-state index contributed by atoms with van der Waals surface area (Å²) in [6.45, 7) is 4.65. The predicted octanol–water partition coefficient (Wildman–Crippen LogP) is 5.44. The Morgan fingerprint density at radius 1 is 0.867 bits per heavy atom. The molecule has 0 fully saturated rings. The molecule has 2 radical (unpaired) electrons. The van der Waals surface area contributed by atoms with Crippen LogP contribution in [0.25, 0.3) is 6.08 Å². The first-order chi connectivity index (χ1) is 13.7. The van der Waals surface area contributed by atoms with Gasteiger partial charge in [-0.3, -0.25) is 0 Å². The topological polar surface area (TPSA) is 0 Å². The molecule has 0 saturated heterocycles. The van der Waals surface area contributed by atoms with Crippen molar-refractivity contribution < 1.29 is 0 Å². The van der Waals surface area contributed by atoms with Gasteiger partial charge in [0.25, 0.3) is 0 Å². The molecule has 2 atom stereocenters. The third-order valence-corrected chi connectivity index (χ3v) is 9.38. The second kappa shape index (κ2) is 9.79. The molecule has 0 heterocycles. The Balaban J connectivity index is 0.00000128. The Kier molecular flexibility index (Phi) is 7.57. The number of hydrogen-bond acceptors (Lipinski definition) is 0. The van der Waals surface area contributed by atoms with E-state index >= 15 is 0 Å². The van der Waals surface area contributed by atoms with Gasteiger partial charge in [-0.15, -0.1) is 0 Å². The third-order valence-electron chi connectivity index (χ3n) is 6.54. The van der Waals surface area contributed by atoms with Crippen molar-refractivity contribution in [1.29, 1.82) is 0 Å².